The molecule has 0 saturated heterocycles. The lowest BCUT2D eigenvalue weighted by Gasteiger charge is -2.22. The van der Waals surface area contributed by atoms with Crippen LogP contribution in [0.5, 0.6) is 0 Å². The molecule has 0 aliphatic carbocycles. The Hall–Kier alpha value is -2.74. The molecule has 0 aliphatic heterocycles. The normalized spacial score (nSPS) is 11.0. The number of halogens is 5. The van der Waals surface area contributed by atoms with Gasteiger partial charge in [0, 0.05) is 23.2 Å². The van der Waals surface area contributed by atoms with Gasteiger partial charge in [-0.3, -0.25) is 9.69 Å². The van der Waals surface area contributed by atoms with Gasteiger partial charge in [-0.15, -0.1) is 11.6 Å². The van der Waals surface area contributed by atoms with Crippen LogP contribution in [-0.2, 0) is 11.3 Å². The van der Waals surface area contributed by atoms with Gasteiger partial charge in [0.25, 0.3) is 0 Å². The quantitative estimate of drug-likeness (QED) is 0.296. The van der Waals surface area contributed by atoms with Crippen molar-refractivity contribution in [2.75, 3.05) is 10.8 Å². The molecule has 0 saturated carbocycles. The largest absolute Gasteiger partial charge is 0.291 e. The van der Waals surface area contributed by atoms with E-state index in [-0.39, 0.29) is 11.9 Å². The molecule has 3 aromatic rings. The molecule has 3 rings (SSSR count). The number of carbonyl (C=O) groups excluding carboxylic acids is 1. The van der Waals surface area contributed by atoms with Crippen molar-refractivity contribution in [3.05, 3.63) is 65.4 Å². The average molecular weight is 384 g/mol. The lowest BCUT2D eigenvalue weighted by molar-refractivity contribution is -0.116. The van der Waals surface area contributed by atoms with Gasteiger partial charge in [0.15, 0.2) is 23.1 Å². The molecule has 26 heavy (non-hydrogen) atoms. The van der Waals surface area contributed by atoms with Gasteiger partial charge >= 0.3 is 0 Å². The highest BCUT2D eigenvalue weighted by molar-refractivity contribution is 6.29. The van der Waals surface area contributed by atoms with Crippen LogP contribution >= 0.6 is 11.6 Å². The van der Waals surface area contributed by atoms with E-state index in [1.165, 1.54) is 12.3 Å². The van der Waals surface area contributed by atoms with Crippen molar-refractivity contribution in [1.29, 1.82) is 0 Å². The Balaban J connectivity index is 2.07. The van der Waals surface area contributed by atoms with Crippen LogP contribution in [0.2, 0.25) is 0 Å². The number of pyridine rings is 2. The van der Waals surface area contributed by atoms with Gasteiger partial charge in [0.1, 0.15) is 17.5 Å². The van der Waals surface area contributed by atoms with Crippen molar-refractivity contribution in [3.8, 4) is 0 Å². The van der Waals surface area contributed by atoms with Crippen LogP contribution in [0.15, 0.2) is 36.5 Å². The Bertz CT molecular complexity index is 999. The highest BCUT2D eigenvalue weighted by Gasteiger charge is 2.24. The molecule has 0 aliphatic rings. The molecule has 1 aromatic carbocycles. The van der Waals surface area contributed by atoms with Crippen LogP contribution in [0.25, 0.3) is 11.0 Å². The van der Waals surface area contributed by atoms with E-state index < -0.39 is 47.2 Å². The van der Waals surface area contributed by atoms with Crippen LogP contribution in [0, 0.1) is 23.3 Å². The summed E-state index contributed by atoms with van der Waals surface area (Å²) in [5.41, 5.74) is -0.520. The molecular formula is C17H10ClF4N3O. The predicted molar refractivity (Wildman–Crippen MR) is 87.7 cm³/mol. The van der Waals surface area contributed by atoms with E-state index in [1.807, 2.05) is 0 Å². The van der Waals surface area contributed by atoms with Crippen LogP contribution in [0.1, 0.15) is 5.56 Å². The third-order valence-electron chi connectivity index (χ3n) is 3.67. The Morgan fingerprint density at radius 1 is 1.08 bits per heavy atom. The highest BCUT2D eigenvalue weighted by Crippen LogP contribution is 2.24. The average Bonchev–Trinajstić information content (AvgIpc) is 2.65. The predicted octanol–water partition coefficient (Wildman–Crippen LogP) is 3.96. The number of aromatic nitrogens is 2. The SMILES string of the molecule is O=C(CCl)N(Cc1c(F)cc(F)c(F)c1F)c1ccc2cccnc2n1. The molecule has 4 nitrogen and oxygen atoms in total. The van der Waals surface area contributed by atoms with Gasteiger partial charge in [-0.05, 0) is 24.3 Å². The summed E-state index contributed by atoms with van der Waals surface area (Å²) >= 11 is 5.56. The van der Waals surface area contributed by atoms with E-state index in [0.717, 1.165) is 4.90 Å². The Morgan fingerprint density at radius 3 is 2.58 bits per heavy atom. The lowest BCUT2D eigenvalue weighted by Crippen LogP contribution is -2.33. The third-order valence-corrected chi connectivity index (χ3v) is 3.90. The van der Waals surface area contributed by atoms with E-state index in [1.54, 1.807) is 18.2 Å². The molecule has 0 N–H and O–H groups in total. The topological polar surface area (TPSA) is 46.1 Å². The first kappa shape index (κ1) is 18.1. The molecule has 0 unspecified atom stereocenters. The Kier molecular flexibility index (Phi) is 5.03. The second-order valence-electron chi connectivity index (χ2n) is 5.28. The maximum absolute atomic E-state index is 14.0. The highest BCUT2D eigenvalue weighted by atomic mass is 35.5. The van der Waals surface area contributed by atoms with Crippen molar-refractivity contribution in [2.45, 2.75) is 6.54 Å². The zero-order chi connectivity index (χ0) is 18.8. The summed E-state index contributed by atoms with van der Waals surface area (Å²) in [6.07, 6.45) is 1.49. The number of amides is 1. The zero-order valence-corrected chi connectivity index (χ0v) is 13.8. The van der Waals surface area contributed by atoms with Crippen LogP contribution in [-0.4, -0.2) is 21.8 Å². The van der Waals surface area contributed by atoms with E-state index in [9.17, 15) is 22.4 Å². The number of hydrogen-bond acceptors (Lipinski definition) is 3. The minimum Gasteiger partial charge on any atom is -0.291 e. The number of anilines is 1. The molecule has 9 heteroatoms. The van der Waals surface area contributed by atoms with Crippen LogP contribution < -0.4 is 4.90 Å². The molecule has 0 atom stereocenters. The fourth-order valence-electron chi connectivity index (χ4n) is 2.37. The maximum atomic E-state index is 14.0. The van der Waals surface area contributed by atoms with Gasteiger partial charge in [-0.25, -0.2) is 27.5 Å². The van der Waals surface area contributed by atoms with Gasteiger partial charge in [-0.1, -0.05) is 0 Å². The summed E-state index contributed by atoms with van der Waals surface area (Å²) in [6.45, 7) is -0.717. The van der Waals surface area contributed by atoms with Crippen molar-refractivity contribution in [2.24, 2.45) is 0 Å². The first-order valence-electron chi connectivity index (χ1n) is 7.32. The van der Waals surface area contributed by atoms with Crippen molar-refractivity contribution in [1.82, 2.24) is 9.97 Å². The van der Waals surface area contributed by atoms with Crippen molar-refractivity contribution in [3.63, 3.8) is 0 Å². The van der Waals surface area contributed by atoms with Gasteiger partial charge < -0.3 is 0 Å². The maximum Gasteiger partial charge on any atom is 0.243 e. The molecule has 2 heterocycles. The third kappa shape index (κ3) is 3.32. The second-order valence-corrected chi connectivity index (χ2v) is 5.55. The molecule has 1 amide bonds. The van der Waals surface area contributed by atoms with E-state index in [2.05, 4.69) is 9.97 Å². The molecule has 0 radical (unpaired) electrons. The summed E-state index contributed by atoms with van der Waals surface area (Å²) in [7, 11) is 0. The fourth-order valence-corrected chi connectivity index (χ4v) is 2.51. The smallest absolute Gasteiger partial charge is 0.243 e. The summed E-state index contributed by atoms with van der Waals surface area (Å²) in [5, 5.41) is 0.680. The fraction of sp³-hybridized carbons (Fsp3) is 0.118. The van der Waals surface area contributed by atoms with E-state index >= 15 is 0 Å². The first-order chi connectivity index (χ1) is 12.4. The summed E-state index contributed by atoms with van der Waals surface area (Å²) in [4.78, 5) is 21.2. The monoisotopic (exact) mass is 383 g/mol. The van der Waals surface area contributed by atoms with Crippen molar-refractivity contribution < 1.29 is 22.4 Å². The zero-order valence-electron chi connectivity index (χ0n) is 13.0. The number of benzene rings is 1. The minimum atomic E-state index is -1.83. The summed E-state index contributed by atoms with van der Waals surface area (Å²) in [5.74, 6) is -7.74. The van der Waals surface area contributed by atoms with Gasteiger partial charge in [-0.2, -0.15) is 0 Å². The van der Waals surface area contributed by atoms with Gasteiger partial charge in [0.2, 0.25) is 5.91 Å². The number of fused-ring (bicyclic) bond motifs is 1. The summed E-state index contributed by atoms with van der Waals surface area (Å²) < 4.78 is 54.4. The number of alkyl halides is 1. The molecule has 0 fully saturated rings. The number of hydrogen-bond donors (Lipinski definition) is 0. The van der Waals surface area contributed by atoms with Crippen molar-refractivity contribution >= 4 is 34.4 Å². The first-order valence-corrected chi connectivity index (χ1v) is 7.85. The summed E-state index contributed by atoms with van der Waals surface area (Å²) in [6, 6.07) is 6.69. The number of nitrogens with zero attached hydrogens (tertiary/aromatic N) is 3. The molecule has 2 aromatic heterocycles. The standard InChI is InChI=1S/C17H10ClF4N3O/c18-7-14(26)25(8-10-11(19)6-12(20)16(22)15(10)21)13-4-3-9-2-1-5-23-17(9)24-13/h1-6H,7-8H2. The molecular weight excluding hydrogens is 374 g/mol. The molecule has 0 bridgehead atoms. The van der Waals surface area contributed by atoms with Crippen LogP contribution in [0.3, 0.4) is 0 Å². The van der Waals surface area contributed by atoms with Gasteiger partial charge in [0.05, 0.1) is 6.54 Å². The lowest BCUT2D eigenvalue weighted by atomic mass is 10.1. The molecule has 134 valence electrons. The second kappa shape index (κ2) is 7.25. The molecule has 0 spiro atoms. The Labute approximate surface area is 150 Å². The van der Waals surface area contributed by atoms with Crippen LogP contribution in [0.4, 0.5) is 23.4 Å². The minimum absolute atomic E-state index is 0.0189. The van der Waals surface area contributed by atoms with E-state index in [4.69, 9.17) is 11.6 Å². The Morgan fingerprint density at radius 2 is 1.85 bits per heavy atom. The number of carbonyl (C=O) groups is 1. The number of rotatable bonds is 4. The van der Waals surface area contributed by atoms with E-state index in [0.29, 0.717) is 11.0 Å².